The highest BCUT2D eigenvalue weighted by atomic mass is 79.9. The Bertz CT molecular complexity index is 448. The van der Waals surface area contributed by atoms with Crippen LogP contribution in [0.25, 0.3) is 0 Å². The van der Waals surface area contributed by atoms with Crippen molar-refractivity contribution >= 4 is 15.9 Å². The van der Waals surface area contributed by atoms with Crippen LogP contribution in [-0.2, 0) is 6.54 Å². The van der Waals surface area contributed by atoms with E-state index in [9.17, 15) is 5.11 Å². The summed E-state index contributed by atoms with van der Waals surface area (Å²) in [6.07, 6.45) is 2.50. The van der Waals surface area contributed by atoms with E-state index in [1.54, 1.807) is 0 Å². The first-order chi connectivity index (χ1) is 8.97. The number of likely N-dealkylation sites (N-methyl/N-ethyl adjacent to an activating group) is 1. The van der Waals surface area contributed by atoms with Gasteiger partial charge in [-0.15, -0.1) is 0 Å². The van der Waals surface area contributed by atoms with E-state index >= 15 is 0 Å². The van der Waals surface area contributed by atoms with Crippen molar-refractivity contribution in [2.45, 2.75) is 32.4 Å². The number of rotatable bonds is 3. The third-order valence-corrected chi connectivity index (χ3v) is 4.41. The molecular weight excluding hydrogens is 304 g/mol. The van der Waals surface area contributed by atoms with Gasteiger partial charge in [-0.1, -0.05) is 15.9 Å². The summed E-state index contributed by atoms with van der Waals surface area (Å²) in [6.45, 7) is 4.98. The van der Waals surface area contributed by atoms with E-state index in [1.165, 1.54) is 12.8 Å². The third kappa shape index (κ3) is 3.71. The molecule has 1 aliphatic rings. The number of phenolic OH excluding ortho intramolecular Hbond substituents is 1. The molecule has 1 atom stereocenters. The van der Waals surface area contributed by atoms with Crippen molar-refractivity contribution in [3.63, 3.8) is 0 Å². The smallest absolute Gasteiger partial charge is 0.123 e. The zero-order valence-corrected chi connectivity index (χ0v) is 13.6. The summed E-state index contributed by atoms with van der Waals surface area (Å²) in [7, 11) is 4.30. The van der Waals surface area contributed by atoms with E-state index in [1.807, 2.05) is 19.1 Å². The zero-order valence-electron chi connectivity index (χ0n) is 12.0. The predicted molar refractivity (Wildman–Crippen MR) is 82.5 cm³/mol. The van der Waals surface area contributed by atoms with Crippen molar-refractivity contribution < 1.29 is 5.11 Å². The summed E-state index contributed by atoms with van der Waals surface area (Å²) in [5, 5.41) is 10.2. The second kappa shape index (κ2) is 6.25. The Kier molecular flexibility index (Phi) is 4.87. The Hall–Kier alpha value is -0.580. The van der Waals surface area contributed by atoms with Gasteiger partial charge in [0, 0.05) is 29.2 Å². The van der Waals surface area contributed by atoms with Gasteiger partial charge in [-0.25, -0.2) is 0 Å². The molecule has 0 aliphatic carbocycles. The molecule has 1 aliphatic heterocycles. The highest BCUT2D eigenvalue weighted by molar-refractivity contribution is 9.10. The topological polar surface area (TPSA) is 26.7 Å². The number of nitrogens with zero attached hydrogens (tertiary/aromatic N) is 2. The quantitative estimate of drug-likeness (QED) is 0.925. The van der Waals surface area contributed by atoms with Crippen LogP contribution in [-0.4, -0.2) is 48.1 Å². The summed E-state index contributed by atoms with van der Waals surface area (Å²) in [5.41, 5.74) is 1.96. The molecule has 106 valence electrons. The van der Waals surface area contributed by atoms with Crippen LogP contribution in [0.1, 0.15) is 24.0 Å². The zero-order chi connectivity index (χ0) is 14.0. The Morgan fingerprint density at radius 2 is 2.16 bits per heavy atom. The SMILES string of the molecule is Cc1cc(Br)cc(CN2CCCC(N(C)C)C2)c1O. The molecule has 0 amide bonds. The summed E-state index contributed by atoms with van der Waals surface area (Å²) < 4.78 is 1.04. The van der Waals surface area contributed by atoms with Crippen LogP contribution in [0.3, 0.4) is 0 Å². The molecule has 1 heterocycles. The highest BCUT2D eigenvalue weighted by Gasteiger charge is 2.22. The molecule has 0 bridgehead atoms. The molecule has 1 unspecified atom stereocenters. The number of benzene rings is 1. The molecular formula is C15H23BrN2O. The van der Waals surface area contributed by atoms with E-state index in [2.05, 4.69) is 39.8 Å². The minimum atomic E-state index is 0.440. The maximum Gasteiger partial charge on any atom is 0.123 e. The number of aryl methyl sites for hydroxylation is 1. The first-order valence-electron chi connectivity index (χ1n) is 6.84. The van der Waals surface area contributed by atoms with Crippen LogP contribution in [0, 0.1) is 6.92 Å². The van der Waals surface area contributed by atoms with Crippen molar-refractivity contribution in [1.82, 2.24) is 9.80 Å². The molecule has 0 aromatic heterocycles. The fourth-order valence-corrected chi connectivity index (χ4v) is 3.38. The Morgan fingerprint density at radius 3 is 2.84 bits per heavy atom. The van der Waals surface area contributed by atoms with Crippen molar-refractivity contribution in [2.75, 3.05) is 27.2 Å². The molecule has 19 heavy (non-hydrogen) atoms. The lowest BCUT2D eigenvalue weighted by atomic mass is 10.0. The maximum absolute atomic E-state index is 10.2. The first-order valence-corrected chi connectivity index (χ1v) is 7.63. The van der Waals surface area contributed by atoms with Crippen molar-refractivity contribution in [1.29, 1.82) is 0 Å². The molecule has 4 heteroatoms. The highest BCUT2D eigenvalue weighted by Crippen LogP contribution is 2.28. The van der Waals surface area contributed by atoms with Crippen molar-refractivity contribution in [2.24, 2.45) is 0 Å². The summed E-state index contributed by atoms with van der Waals surface area (Å²) >= 11 is 3.51. The van der Waals surface area contributed by atoms with Gasteiger partial charge >= 0.3 is 0 Å². The summed E-state index contributed by atoms with van der Waals surface area (Å²) in [5.74, 6) is 0.440. The lowest BCUT2D eigenvalue weighted by Crippen LogP contribution is -2.44. The molecule has 1 saturated heterocycles. The number of likely N-dealkylation sites (tertiary alicyclic amines) is 1. The van der Waals surface area contributed by atoms with Crippen LogP contribution >= 0.6 is 15.9 Å². The van der Waals surface area contributed by atoms with Gasteiger partial charge in [0.1, 0.15) is 5.75 Å². The van der Waals surface area contributed by atoms with Gasteiger partial charge in [0.2, 0.25) is 0 Å². The Balaban J connectivity index is 2.09. The van der Waals surface area contributed by atoms with Crippen LogP contribution in [0.4, 0.5) is 0 Å². The van der Waals surface area contributed by atoms with Gasteiger partial charge in [-0.2, -0.15) is 0 Å². The lowest BCUT2D eigenvalue weighted by Gasteiger charge is -2.36. The Labute approximate surface area is 124 Å². The molecule has 2 rings (SSSR count). The van der Waals surface area contributed by atoms with Crippen molar-refractivity contribution in [3.05, 3.63) is 27.7 Å². The van der Waals surface area contributed by atoms with Gasteiger partial charge in [0.15, 0.2) is 0 Å². The van der Waals surface area contributed by atoms with Crippen LogP contribution in [0.2, 0.25) is 0 Å². The van der Waals surface area contributed by atoms with Gasteiger partial charge < -0.3 is 10.0 Å². The molecule has 1 aromatic rings. The second-order valence-corrected chi connectivity index (χ2v) is 6.64. The van der Waals surface area contributed by atoms with E-state index in [-0.39, 0.29) is 0 Å². The average Bonchev–Trinajstić information content (AvgIpc) is 2.35. The second-order valence-electron chi connectivity index (χ2n) is 5.73. The summed E-state index contributed by atoms with van der Waals surface area (Å²) in [6, 6.07) is 4.61. The number of piperidine rings is 1. The molecule has 1 N–H and O–H groups in total. The van der Waals surface area contributed by atoms with Crippen molar-refractivity contribution in [3.8, 4) is 5.75 Å². The van der Waals surface area contributed by atoms with Gasteiger partial charge in [0.25, 0.3) is 0 Å². The van der Waals surface area contributed by atoms with Gasteiger partial charge in [0.05, 0.1) is 0 Å². The number of aromatic hydroxyl groups is 1. The number of hydrogen-bond acceptors (Lipinski definition) is 3. The van der Waals surface area contributed by atoms with E-state index in [4.69, 9.17) is 0 Å². The van der Waals surface area contributed by atoms with E-state index < -0.39 is 0 Å². The van der Waals surface area contributed by atoms with E-state index in [0.717, 1.165) is 35.2 Å². The van der Waals surface area contributed by atoms with Crippen LogP contribution in [0.15, 0.2) is 16.6 Å². The standard InChI is InChI=1S/C15H23BrN2O/c1-11-7-13(16)8-12(15(11)19)9-18-6-4-5-14(10-18)17(2)3/h7-8,14,19H,4-6,9-10H2,1-3H3. The normalized spacial score (nSPS) is 21.0. The molecule has 0 spiro atoms. The summed E-state index contributed by atoms with van der Waals surface area (Å²) in [4.78, 5) is 4.74. The fourth-order valence-electron chi connectivity index (χ4n) is 2.76. The number of phenols is 1. The van der Waals surface area contributed by atoms with Crippen LogP contribution in [0.5, 0.6) is 5.75 Å². The first kappa shape index (κ1) is 14.8. The Morgan fingerprint density at radius 1 is 1.42 bits per heavy atom. The monoisotopic (exact) mass is 326 g/mol. The lowest BCUT2D eigenvalue weighted by molar-refractivity contribution is 0.127. The maximum atomic E-state index is 10.2. The number of hydrogen-bond donors (Lipinski definition) is 1. The third-order valence-electron chi connectivity index (χ3n) is 3.95. The molecule has 0 radical (unpaired) electrons. The predicted octanol–water partition coefficient (Wildman–Crippen LogP) is 2.99. The molecule has 1 fully saturated rings. The average molecular weight is 327 g/mol. The largest absolute Gasteiger partial charge is 0.507 e. The molecule has 0 saturated carbocycles. The fraction of sp³-hybridized carbons (Fsp3) is 0.600. The van der Waals surface area contributed by atoms with E-state index in [0.29, 0.717) is 11.8 Å². The van der Waals surface area contributed by atoms with Gasteiger partial charge in [-0.3, -0.25) is 4.90 Å². The van der Waals surface area contributed by atoms with Gasteiger partial charge in [-0.05, 0) is 58.1 Å². The minimum Gasteiger partial charge on any atom is -0.507 e. The molecule has 1 aromatic carbocycles. The minimum absolute atomic E-state index is 0.440. The molecule has 3 nitrogen and oxygen atoms in total. The van der Waals surface area contributed by atoms with Crippen LogP contribution < -0.4 is 0 Å². The number of halogens is 1.